The van der Waals surface area contributed by atoms with Crippen LogP contribution in [0.15, 0.2) is 18.2 Å². The highest BCUT2D eigenvalue weighted by Crippen LogP contribution is 2.30. The molecule has 2 rings (SSSR count). The van der Waals surface area contributed by atoms with Gasteiger partial charge in [0.15, 0.2) is 0 Å². The van der Waals surface area contributed by atoms with E-state index in [4.69, 9.17) is 9.84 Å². The summed E-state index contributed by atoms with van der Waals surface area (Å²) in [5, 5.41) is 11.4. The second-order valence-corrected chi connectivity index (χ2v) is 3.95. The number of hydrogen-bond acceptors (Lipinski definition) is 4. The van der Waals surface area contributed by atoms with Gasteiger partial charge in [-0.05, 0) is 18.2 Å². The van der Waals surface area contributed by atoms with Crippen LogP contribution in [-0.2, 0) is 9.59 Å². The van der Waals surface area contributed by atoms with E-state index >= 15 is 0 Å². The SMILES string of the molecule is COc1ccc(C(=O)O)cc1N1CC(=O)NCC1=O. The van der Waals surface area contributed by atoms with Crippen LogP contribution in [0.4, 0.5) is 5.69 Å². The van der Waals surface area contributed by atoms with Gasteiger partial charge >= 0.3 is 5.97 Å². The maximum Gasteiger partial charge on any atom is 0.335 e. The number of benzene rings is 1. The first-order valence-electron chi connectivity index (χ1n) is 5.51. The average molecular weight is 264 g/mol. The maximum atomic E-state index is 11.8. The van der Waals surface area contributed by atoms with Crippen molar-refractivity contribution >= 4 is 23.5 Å². The minimum Gasteiger partial charge on any atom is -0.495 e. The summed E-state index contributed by atoms with van der Waals surface area (Å²) in [5.41, 5.74) is 0.303. The molecule has 7 nitrogen and oxygen atoms in total. The summed E-state index contributed by atoms with van der Waals surface area (Å²) in [7, 11) is 1.41. The number of carboxylic acid groups (broad SMARTS) is 1. The zero-order valence-electron chi connectivity index (χ0n) is 10.2. The third kappa shape index (κ3) is 2.49. The summed E-state index contributed by atoms with van der Waals surface area (Å²) in [5.74, 6) is -1.39. The summed E-state index contributed by atoms with van der Waals surface area (Å²) in [6.45, 7) is -0.266. The van der Waals surface area contributed by atoms with Crippen LogP contribution < -0.4 is 15.0 Å². The number of carbonyl (C=O) groups excluding carboxylic acids is 2. The van der Waals surface area contributed by atoms with E-state index < -0.39 is 5.97 Å². The monoisotopic (exact) mass is 264 g/mol. The van der Waals surface area contributed by atoms with Crippen molar-refractivity contribution in [2.75, 3.05) is 25.1 Å². The van der Waals surface area contributed by atoms with Crippen LogP contribution in [0.5, 0.6) is 5.75 Å². The smallest absolute Gasteiger partial charge is 0.335 e. The van der Waals surface area contributed by atoms with Crippen molar-refractivity contribution in [2.24, 2.45) is 0 Å². The number of nitrogens with one attached hydrogen (secondary N) is 1. The molecule has 0 aromatic heterocycles. The Hall–Kier alpha value is -2.57. The van der Waals surface area contributed by atoms with Crippen LogP contribution in [-0.4, -0.2) is 43.1 Å². The highest BCUT2D eigenvalue weighted by atomic mass is 16.5. The number of carbonyl (C=O) groups is 3. The number of hydrogen-bond donors (Lipinski definition) is 2. The first-order chi connectivity index (χ1) is 9.02. The number of amides is 2. The molecule has 0 spiro atoms. The highest BCUT2D eigenvalue weighted by molar-refractivity contribution is 6.06. The first-order valence-corrected chi connectivity index (χ1v) is 5.51. The fourth-order valence-electron chi connectivity index (χ4n) is 1.81. The van der Waals surface area contributed by atoms with Gasteiger partial charge in [-0.25, -0.2) is 4.79 Å². The number of ether oxygens (including phenoxy) is 1. The molecule has 100 valence electrons. The minimum atomic E-state index is -1.11. The Morgan fingerprint density at radius 1 is 1.42 bits per heavy atom. The summed E-state index contributed by atoms with van der Waals surface area (Å²) in [6, 6.07) is 4.15. The number of piperazine rings is 1. The molecular formula is C12H12N2O5. The van der Waals surface area contributed by atoms with Crippen molar-refractivity contribution in [1.29, 1.82) is 0 Å². The van der Waals surface area contributed by atoms with Crippen molar-refractivity contribution in [1.82, 2.24) is 5.32 Å². The lowest BCUT2D eigenvalue weighted by molar-refractivity contribution is -0.128. The molecule has 0 bridgehead atoms. The van der Waals surface area contributed by atoms with Crippen LogP contribution >= 0.6 is 0 Å². The van der Waals surface area contributed by atoms with Crippen LogP contribution in [0, 0.1) is 0 Å². The lowest BCUT2D eigenvalue weighted by Crippen LogP contribution is -2.51. The Kier molecular flexibility index (Phi) is 3.37. The van der Waals surface area contributed by atoms with Gasteiger partial charge in [0.2, 0.25) is 11.8 Å². The van der Waals surface area contributed by atoms with Gasteiger partial charge in [-0.3, -0.25) is 14.5 Å². The highest BCUT2D eigenvalue weighted by Gasteiger charge is 2.27. The predicted octanol–water partition coefficient (Wildman–Crippen LogP) is -0.144. The second kappa shape index (κ2) is 4.97. The minimum absolute atomic E-state index is 0.0228. The molecule has 2 amide bonds. The number of anilines is 1. The number of rotatable bonds is 3. The summed E-state index contributed by atoms with van der Waals surface area (Å²) >= 11 is 0. The Morgan fingerprint density at radius 2 is 2.16 bits per heavy atom. The maximum absolute atomic E-state index is 11.8. The van der Waals surface area contributed by atoms with Crippen LogP contribution in [0.1, 0.15) is 10.4 Å². The van der Waals surface area contributed by atoms with Crippen molar-refractivity contribution in [3.8, 4) is 5.75 Å². The Labute approximate surface area is 108 Å². The standard InChI is InChI=1S/C12H12N2O5/c1-19-9-3-2-7(12(17)18)4-8(9)14-6-10(15)13-5-11(14)16/h2-4H,5-6H2,1H3,(H,13,15)(H,17,18). The van der Waals surface area contributed by atoms with E-state index in [0.717, 1.165) is 0 Å². The fraction of sp³-hybridized carbons (Fsp3) is 0.250. The Morgan fingerprint density at radius 3 is 2.79 bits per heavy atom. The summed E-state index contributed by atoms with van der Waals surface area (Å²) in [6.07, 6.45) is 0. The van der Waals surface area contributed by atoms with Crippen molar-refractivity contribution in [2.45, 2.75) is 0 Å². The van der Waals surface area contributed by atoms with Crippen LogP contribution in [0.2, 0.25) is 0 Å². The molecule has 0 atom stereocenters. The lowest BCUT2D eigenvalue weighted by Gasteiger charge is -2.28. The molecule has 1 aliphatic heterocycles. The molecule has 0 unspecified atom stereocenters. The van der Waals surface area contributed by atoms with Gasteiger partial charge in [0.25, 0.3) is 0 Å². The van der Waals surface area contributed by atoms with E-state index in [0.29, 0.717) is 5.75 Å². The topological polar surface area (TPSA) is 95.9 Å². The molecule has 1 saturated heterocycles. The van der Waals surface area contributed by atoms with Gasteiger partial charge in [-0.15, -0.1) is 0 Å². The van der Waals surface area contributed by atoms with Gasteiger partial charge in [0.1, 0.15) is 12.3 Å². The number of nitrogens with zero attached hydrogens (tertiary/aromatic N) is 1. The molecule has 0 aliphatic carbocycles. The van der Waals surface area contributed by atoms with E-state index in [9.17, 15) is 14.4 Å². The number of aromatic carboxylic acids is 1. The summed E-state index contributed by atoms with van der Waals surface area (Å²) < 4.78 is 5.10. The number of carboxylic acids is 1. The molecule has 7 heteroatoms. The molecule has 19 heavy (non-hydrogen) atoms. The first kappa shape index (κ1) is 12.9. The molecule has 1 aliphatic rings. The Balaban J connectivity index is 2.46. The molecule has 1 heterocycles. The van der Waals surface area contributed by atoms with Gasteiger partial charge in [0.05, 0.1) is 24.9 Å². The van der Waals surface area contributed by atoms with Gasteiger partial charge in [-0.1, -0.05) is 0 Å². The van der Waals surface area contributed by atoms with E-state index in [1.165, 1.54) is 30.2 Å². The average Bonchev–Trinajstić information content (AvgIpc) is 2.40. The van der Waals surface area contributed by atoms with Crippen LogP contribution in [0.3, 0.4) is 0 Å². The normalized spacial score (nSPS) is 15.1. The Bertz CT molecular complexity index is 555. The number of methoxy groups -OCH3 is 1. The summed E-state index contributed by atoms with van der Waals surface area (Å²) in [4.78, 5) is 35.3. The zero-order valence-corrected chi connectivity index (χ0v) is 10.2. The third-order valence-corrected chi connectivity index (χ3v) is 2.76. The van der Waals surface area contributed by atoms with Crippen LogP contribution in [0.25, 0.3) is 0 Å². The lowest BCUT2D eigenvalue weighted by atomic mass is 10.1. The van der Waals surface area contributed by atoms with Gasteiger partial charge in [0, 0.05) is 0 Å². The fourth-order valence-corrected chi connectivity index (χ4v) is 1.81. The molecule has 2 N–H and O–H groups in total. The van der Waals surface area contributed by atoms with E-state index in [2.05, 4.69) is 5.32 Å². The molecule has 1 aromatic rings. The third-order valence-electron chi connectivity index (χ3n) is 2.76. The molecular weight excluding hydrogens is 252 g/mol. The second-order valence-electron chi connectivity index (χ2n) is 3.95. The van der Waals surface area contributed by atoms with Crippen molar-refractivity contribution in [3.63, 3.8) is 0 Å². The molecule has 0 radical (unpaired) electrons. The molecule has 1 fully saturated rings. The van der Waals surface area contributed by atoms with E-state index in [-0.39, 0.29) is 36.2 Å². The van der Waals surface area contributed by atoms with E-state index in [1.54, 1.807) is 0 Å². The van der Waals surface area contributed by atoms with E-state index in [1.807, 2.05) is 0 Å². The molecule has 0 saturated carbocycles. The van der Waals surface area contributed by atoms with Gasteiger partial charge < -0.3 is 15.2 Å². The van der Waals surface area contributed by atoms with Crippen molar-refractivity contribution < 1.29 is 24.2 Å². The quantitative estimate of drug-likeness (QED) is 0.792. The van der Waals surface area contributed by atoms with Crippen molar-refractivity contribution in [3.05, 3.63) is 23.8 Å². The van der Waals surface area contributed by atoms with Gasteiger partial charge in [-0.2, -0.15) is 0 Å². The molecule has 1 aromatic carbocycles. The predicted molar refractivity (Wildman–Crippen MR) is 65.3 cm³/mol. The zero-order chi connectivity index (χ0) is 14.0. The largest absolute Gasteiger partial charge is 0.495 e.